The van der Waals surface area contributed by atoms with Crippen molar-refractivity contribution in [2.24, 2.45) is 10.7 Å². The molecule has 102 valence electrons. The summed E-state index contributed by atoms with van der Waals surface area (Å²) in [4.78, 5) is 14.7. The molecule has 1 unspecified atom stereocenters. The third-order valence-electron chi connectivity index (χ3n) is 2.88. The lowest BCUT2D eigenvalue weighted by Gasteiger charge is -2.25. The van der Waals surface area contributed by atoms with E-state index in [1.54, 1.807) is 12.1 Å². The topological polar surface area (TPSA) is 100.0 Å². The minimum absolute atomic E-state index is 0.0558. The Morgan fingerprint density at radius 2 is 2.26 bits per heavy atom. The number of benzene rings is 1. The summed E-state index contributed by atoms with van der Waals surface area (Å²) in [7, 11) is 1.43. The van der Waals surface area contributed by atoms with Gasteiger partial charge < -0.3 is 15.2 Å². The number of aliphatic imine (C=N–C) groups is 1. The maximum absolute atomic E-state index is 11.0. The second kappa shape index (κ2) is 4.94. The zero-order valence-corrected chi connectivity index (χ0v) is 10.8. The summed E-state index contributed by atoms with van der Waals surface area (Å²) in [6.07, 6.45) is 0.769. The number of ether oxygens (including phenoxy) is 2. The summed E-state index contributed by atoms with van der Waals surface area (Å²) in [5, 5.41) is 11.0. The highest BCUT2D eigenvalue weighted by Gasteiger charge is 2.44. The molecule has 0 aliphatic carbocycles. The fraction of sp³-hybridized carbons (Fsp3) is 0.417. The van der Waals surface area contributed by atoms with E-state index in [-0.39, 0.29) is 17.1 Å². The summed E-state index contributed by atoms with van der Waals surface area (Å²) >= 11 is 0. The molecular formula is C12H15N3O4. The molecule has 0 aromatic heterocycles. The molecule has 1 aromatic rings. The molecule has 1 aliphatic heterocycles. The third kappa shape index (κ3) is 2.06. The first-order chi connectivity index (χ1) is 9.05. The van der Waals surface area contributed by atoms with E-state index in [2.05, 4.69) is 4.99 Å². The van der Waals surface area contributed by atoms with Crippen LogP contribution in [0.5, 0.6) is 0 Å². The van der Waals surface area contributed by atoms with Crippen LogP contribution >= 0.6 is 0 Å². The van der Waals surface area contributed by atoms with Gasteiger partial charge >= 0.3 is 5.91 Å². The van der Waals surface area contributed by atoms with Crippen molar-refractivity contribution >= 4 is 11.5 Å². The Morgan fingerprint density at radius 3 is 2.84 bits per heavy atom. The lowest BCUT2D eigenvalue weighted by Crippen LogP contribution is -2.28. The molecular weight excluding hydrogens is 250 g/mol. The Labute approximate surface area is 110 Å². The van der Waals surface area contributed by atoms with E-state index < -0.39 is 10.8 Å². The quantitative estimate of drug-likeness (QED) is 0.494. The Bertz CT molecular complexity index is 544. The number of nitro groups is 1. The van der Waals surface area contributed by atoms with Crippen LogP contribution in [0.15, 0.2) is 23.2 Å². The number of hydrogen-bond acceptors (Lipinski definition) is 6. The van der Waals surface area contributed by atoms with Crippen LogP contribution < -0.4 is 5.73 Å². The molecule has 1 heterocycles. The average Bonchev–Trinajstić information content (AvgIpc) is 2.70. The number of methoxy groups -OCH3 is 1. The predicted octanol–water partition coefficient (Wildman–Crippen LogP) is 1.50. The van der Waals surface area contributed by atoms with Gasteiger partial charge in [0.1, 0.15) is 11.4 Å². The molecule has 7 nitrogen and oxygen atoms in total. The van der Waals surface area contributed by atoms with Crippen molar-refractivity contribution in [3.05, 3.63) is 39.4 Å². The van der Waals surface area contributed by atoms with Crippen LogP contribution in [0.4, 0.5) is 5.69 Å². The Balaban J connectivity index is 2.57. The molecule has 1 atom stereocenters. The SMILES string of the molecule is CCCOC1(OC)N=C(N)c2c([N+](=O)[O-])cccc21. The van der Waals surface area contributed by atoms with Crippen LogP contribution in [-0.4, -0.2) is 24.5 Å². The van der Waals surface area contributed by atoms with Crippen LogP contribution in [-0.2, 0) is 15.4 Å². The number of amidine groups is 1. The average molecular weight is 265 g/mol. The molecule has 2 rings (SSSR count). The normalized spacial score (nSPS) is 21.1. The summed E-state index contributed by atoms with van der Waals surface area (Å²) in [5.74, 6) is -1.32. The van der Waals surface area contributed by atoms with Crippen LogP contribution in [0.2, 0.25) is 0 Å². The number of hydrogen-bond donors (Lipinski definition) is 1. The number of nitro benzene ring substituents is 1. The van der Waals surface area contributed by atoms with Gasteiger partial charge in [-0.15, -0.1) is 0 Å². The molecule has 2 N–H and O–H groups in total. The van der Waals surface area contributed by atoms with Crippen LogP contribution in [0.3, 0.4) is 0 Å². The Hall–Kier alpha value is -1.99. The zero-order chi connectivity index (χ0) is 14.0. The highest BCUT2D eigenvalue weighted by atomic mass is 16.7. The van der Waals surface area contributed by atoms with Crippen molar-refractivity contribution in [3.8, 4) is 0 Å². The lowest BCUT2D eigenvalue weighted by atomic mass is 10.0. The van der Waals surface area contributed by atoms with Gasteiger partial charge in [0, 0.05) is 13.2 Å². The second-order valence-corrected chi connectivity index (χ2v) is 4.09. The monoisotopic (exact) mass is 265 g/mol. The highest BCUT2D eigenvalue weighted by Crippen LogP contribution is 2.40. The van der Waals surface area contributed by atoms with E-state index in [9.17, 15) is 10.1 Å². The molecule has 0 radical (unpaired) electrons. The standard InChI is InChI=1S/C12H15N3O4/c1-3-7-19-12(18-2)8-5-4-6-9(15(16)17)10(8)11(13)14-12/h4-6H,3,7H2,1-2H3,(H2,13,14). The molecule has 0 saturated carbocycles. The van der Waals surface area contributed by atoms with Crippen molar-refractivity contribution in [3.63, 3.8) is 0 Å². The van der Waals surface area contributed by atoms with E-state index in [1.165, 1.54) is 13.2 Å². The highest BCUT2D eigenvalue weighted by molar-refractivity contribution is 6.05. The second-order valence-electron chi connectivity index (χ2n) is 4.09. The van der Waals surface area contributed by atoms with Gasteiger partial charge in [0.15, 0.2) is 0 Å². The van der Waals surface area contributed by atoms with Gasteiger partial charge in [0.05, 0.1) is 17.1 Å². The van der Waals surface area contributed by atoms with Gasteiger partial charge in [-0.3, -0.25) is 10.1 Å². The maximum atomic E-state index is 11.0. The van der Waals surface area contributed by atoms with Gasteiger partial charge in [0.2, 0.25) is 0 Å². The summed E-state index contributed by atoms with van der Waals surface area (Å²) in [6.45, 7) is 2.35. The molecule has 1 aromatic carbocycles. The van der Waals surface area contributed by atoms with Crippen molar-refractivity contribution in [2.45, 2.75) is 19.3 Å². The van der Waals surface area contributed by atoms with Gasteiger partial charge in [-0.1, -0.05) is 19.1 Å². The van der Waals surface area contributed by atoms with Crippen molar-refractivity contribution in [1.29, 1.82) is 0 Å². The van der Waals surface area contributed by atoms with E-state index in [1.807, 2.05) is 6.92 Å². The molecule has 0 saturated heterocycles. The van der Waals surface area contributed by atoms with Crippen LogP contribution in [0, 0.1) is 10.1 Å². The fourth-order valence-corrected chi connectivity index (χ4v) is 2.06. The Morgan fingerprint density at radius 1 is 1.53 bits per heavy atom. The summed E-state index contributed by atoms with van der Waals surface area (Å²) in [6, 6.07) is 4.62. The van der Waals surface area contributed by atoms with Crippen molar-refractivity contribution in [1.82, 2.24) is 0 Å². The molecule has 7 heteroatoms. The van der Waals surface area contributed by atoms with Crippen LogP contribution in [0.25, 0.3) is 0 Å². The number of fused-ring (bicyclic) bond motifs is 1. The van der Waals surface area contributed by atoms with Crippen molar-refractivity contribution < 1.29 is 14.4 Å². The van der Waals surface area contributed by atoms with E-state index in [4.69, 9.17) is 15.2 Å². The first kappa shape index (κ1) is 13.4. The first-order valence-corrected chi connectivity index (χ1v) is 5.88. The van der Waals surface area contributed by atoms with Gasteiger partial charge in [-0.05, 0) is 6.42 Å². The van der Waals surface area contributed by atoms with E-state index in [0.717, 1.165) is 6.42 Å². The van der Waals surface area contributed by atoms with E-state index >= 15 is 0 Å². The lowest BCUT2D eigenvalue weighted by molar-refractivity contribution is -0.385. The van der Waals surface area contributed by atoms with Gasteiger partial charge in [0.25, 0.3) is 5.69 Å². The molecule has 19 heavy (non-hydrogen) atoms. The molecule has 1 aliphatic rings. The smallest absolute Gasteiger partial charge is 0.300 e. The molecule has 0 fully saturated rings. The van der Waals surface area contributed by atoms with Gasteiger partial charge in [-0.2, -0.15) is 0 Å². The summed E-state index contributed by atoms with van der Waals surface area (Å²) in [5.41, 5.74) is 6.43. The predicted molar refractivity (Wildman–Crippen MR) is 68.8 cm³/mol. The minimum atomic E-state index is -1.37. The molecule has 0 amide bonds. The van der Waals surface area contributed by atoms with Crippen molar-refractivity contribution in [2.75, 3.05) is 13.7 Å². The minimum Gasteiger partial charge on any atom is -0.383 e. The summed E-state index contributed by atoms with van der Waals surface area (Å²) < 4.78 is 10.9. The molecule has 0 spiro atoms. The largest absolute Gasteiger partial charge is 0.383 e. The maximum Gasteiger partial charge on any atom is 0.300 e. The number of rotatable bonds is 5. The van der Waals surface area contributed by atoms with E-state index in [0.29, 0.717) is 12.2 Å². The zero-order valence-electron chi connectivity index (χ0n) is 10.8. The molecule has 0 bridgehead atoms. The Kier molecular flexibility index (Phi) is 3.50. The number of nitrogens with two attached hydrogens (primary N) is 1. The fourth-order valence-electron chi connectivity index (χ4n) is 2.06. The first-order valence-electron chi connectivity index (χ1n) is 5.88. The van der Waals surface area contributed by atoms with Gasteiger partial charge in [-0.25, -0.2) is 4.99 Å². The van der Waals surface area contributed by atoms with Crippen LogP contribution in [0.1, 0.15) is 24.5 Å². The number of nitrogens with zero attached hydrogens (tertiary/aromatic N) is 2. The third-order valence-corrected chi connectivity index (χ3v) is 2.88.